The highest BCUT2D eigenvalue weighted by atomic mass is 35.5. The van der Waals surface area contributed by atoms with E-state index < -0.39 is 18.6 Å². The number of nitrogens with two attached hydrogens (primary N) is 1. The van der Waals surface area contributed by atoms with Crippen molar-refractivity contribution in [3.63, 3.8) is 0 Å². The maximum Gasteiger partial charge on any atom is 0.451 e. The van der Waals surface area contributed by atoms with Crippen molar-refractivity contribution in [1.29, 1.82) is 0 Å². The number of piperidine rings is 1. The van der Waals surface area contributed by atoms with Crippen molar-refractivity contribution in [3.05, 3.63) is 34.9 Å². The first-order valence-corrected chi connectivity index (χ1v) is 10.6. The zero-order valence-electron chi connectivity index (χ0n) is 16.1. The van der Waals surface area contributed by atoms with Crippen LogP contribution >= 0.6 is 11.6 Å². The van der Waals surface area contributed by atoms with Crippen molar-refractivity contribution >= 4 is 24.7 Å². The molecule has 0 spiro atoms. The molecule has 0 aliphatic carbocycles. The SMILES string of the molecule is N[C@](CCCCB(O)O)(C(=O)O)C1CC2CCC(C1)N2Cc1ccc(Cl)cc1. The number of rotatable bonds is 9. The molecular weight excluding hydrogens is 378 g/mol. The summed E-state index contributed by atoms with van der Waals surface area (Å²) in [7, 11) is -1.34. The first-order chi connectivity index (χ1) is 13.3. The Morgan fingerprint density at radius 3 is 2.32 bits per heavy atom. The summed E-state index contributed by atoms with van der Waals surface area (Å²) in [6.45, 7) is 0.859. The van der Waals surface area contributed by atoms with E-state index in [0.29, 0.717) is 31.3 Å². The number of hydrogen-bond acceptors (Lipinski definition) is 5. The first kappa shape index (κ1) is 21.6. The Balaban J connectivity index is 1.63. The molecule has 1 aromatic carbocycles. The van der Waals surface area contributed by atoms with Crippen LogP contribution < -0.4 is 5.73 Å². The van der Waals surface area contributed by atoms with Gasteiger partial charge in [-0.25, -0.2) is 0 Å². The fourth-order valence-electron chi connectivity index (χ4n) is 4.98. The maximum absolute atomic E-state index is 12.0. The van der Waals surface area contributed by atoms with E-state index in [-0.39, 0.29) is 12.2 Å². The second-order valence-electron chi connectivity index (χ2n) is 8.42. The van der Waals surface area contributed by atoms with Crippen LogP contribution in [0.5, 0.6) is 0 Å². The van der Waals surface area contributed by atoms with Crippen molar-refractivity contribution in [2.45, 2.75) is 75.4 Å². The number of hydrogen-bond donors (Lipinski definition) is 4. The number of carboxylic acid groups (broad SMARTS) is 1. The summed E-state index contributed by atoms with van der Waals surface area (Å²) in [5, 5.41) is 28.5. The van der Waals surface area contributed by atoms with Crippen molar-refractivity contribution in [2.75, 3.05) is 0 Å². The third-order valence-corrected chi connectivity index (χ3v) is 6.84. The Kier molecular flexibility index (Phi) is 7.05. The van der Waals surface area contributed by atoms with Gasteiger partial charge in [-0.1, -0.05) is 36.6 Å². The average Bonchev–Trinajstić information content (AvgIpc) is 2.87. The van der Waals surface area contributed by atoms with Crippen LogP contribution in [0.2, 0.25) is 11.3 Å². The van der Waals surface area contributed by atoms with Crippen LogP contribution in [0.4, 0.5) is 0 Å². The molecule has 8 heteroatoms. The molecule has 2 heterocycles. The molecule has 6 nitrogen and oxygen atoms in total. The predicted molar refractivity (Wildman–Crippen MR) is 110 cm³/mol. The van der Waals surface area contributed by atoms with E-state index in [1.807, 2.05) is 24.3 Å². The third-order valence-electron chi connectivity index (χ3n) is 6.59. The van der Waals surface area contributed by atoms with Crippen molar-refractivity contribution in [1.82, 2.24) is 4.90 Å². The second-order valence-corrected chi connectivity index (χ2v) is 8.86. The minimum absolute atomic E-state index is 0.0528. The summed E-state index contributed by atoms with van der Waals surface area (Å²) < 4.78 is 0. The Labute approximate surface area is 171 Å². The van der Waals surface area contributed by atoms with Gasteiger partial charge < -0.3 is 20.9 Å². The normalized spacial score (nSPS) is 26.8. The number of aliphatic carboxylic acids is 1. The van der Waals surface area contributed by atoms with Gasteiger partial charge in [0.1, 0.15) is 5.54 Å². The molecule has 2 aliphatic heterocycles. The summed E-state index contributed by atoms with van der Waals surface area (Å²) in [6.07, 6.45) is 5.54. The largest absolute Gasteiger partial charge is 0.480 e. The van der Waals surface area contributed by atoms with Crippen LogP contribution in [-0.2, 0) is 11.3 Å². The standard InChI is InChI=1S/C20H30BClN2O4/c22-16-5-3-14(4-6-16)13-24-17-7-8-18(24)12-15(11-17)20(23,19(25)26)9-1-2-10-21(27)28/h3-6,15,17-18,27-28H,1-2,7-13,23H2,(H,25,26)/t15?,17?,18?,20-/m0/s1. The van der Waals surface area contributed by atoms with Crippen LogP contribution in [0.25, 0.3) is 0 Å². The van der Waals surface area contributed by atoms with E-state index in [4.69, 9.17) is 27.4 Å². The Bertz CT molecular complexity index is 661. The summed E-state index contributed by atoms with van der Waals surface area (Å²) in [5.74, 6) is -0.990. The number of halogens is 1. The molecule has 2 saturated heterocycles. The lowest BCUT2D eigenvalue weighted by molar-refractivity contribution is -0.147. The van der Waals surface area contributed by atoms with Gasteiger partial charge in [0, 0.05) is 23.7 Å². The molecule has 3 rings (SSSR count). The van der Waals surface area contributed by atoms with Gasteiger partial charge in [-0.05, 0) is 62.0 Å². The Morgan fingerprint density at radius 1 is 1.18 bits per heavy atom. The summed E-state index contributed by atoms with van der Waals surface area (Å²) in [6, 6.07) is 8.64. The minimum atomic E-state index is -1.34. The number of carbonyl (C=O) groups is 1. The smallest absolute Gasteiger partial charge is 0.451 e. The molecule has 1 aromatic rings. The molecule has 2 aliphatic rings. The molecule has 2 bridgehead atoms. The van der Waals surface area contributed by atoms with Crippen LogP contribution in [0, 0.1) is 5.92 Å². The fourth-order valence-corrected chi connectivity index (χ4v) is 5.11. The molecule has 0 radical (unpaired) electrons. The van der Waals surface area contributed by atoms with E-state index in [1.54, 1.807) is 0 Å². The van der Waals surface area contributed by atoms with Crippen molar-refractivity contribution in [2.24, 2.45) is 11.7 Å². The number of unbranched alkanes of at least 4 members (excludes halogenated alkanes) is 1. The zero-order valence-corrected chi connectivity index (χ0v) is 16.9. The molecule has 0 amide bonds. The number of fused-ring (bicyclic) bond motifs is 2. The van der Waals surface area contributed by atoms with Gasteiger partial charge in [0.2, 0.25) is 0 Å². The molecule has 0 saturated carbocycles. The van der Waals surface area contributed by atoms with Gasteiger partial charge in [0.15, 0.2) is 0 Å². The fraction of sp³-hybridized carbons (Fsp3) is 0.650. The van der Waals surface area contributed by atoms with E-state index in [1.165, 1.54) is 5.56 Å². The lowest BCUT2D eigenvalue weighted by Gasteiger charge is -2.44. The summed E-state index contributed by atoms with van der Waals surface area (Å²) >= 11 is 5.98. The average molecular weight is 409 g/mol. The second kappa shape index (κ2) is 9.14. The van der Waals surface area contributed by atoms with Gasteiger partial charge in [0.25, 0.3) is 0 Å². The number of benzene rings is 1. The Hall–Kier alpha value is -1.12. The number of nitrogens with zero attached hydrogens (tertiary/aromatic N) is 1. The van der Waals surface area contributed by atoms with E-state index in [2.05, 4.69) is 4.90 Å². The van der Waals surface area contributed by atoms with Gasteiger partial charge in [0.05, 0.1) is 0 Å². The van der Waals surface area contributed by atoms with Gasteiger partial charge >= 0.3 is 13.1 Å². The molecule has 28 heavy (non-hydrogen) atoms. The predicted octanol–water partition coefficient (Wildman–Crippen LogP) is 2.51. The highest BCUT2D eigenvalue weighted by molar-refractivity contribution is 6.40. The van der Waals surface area contributed by atoms with Crippen molar-refractivity contribution in [3.8, 4) is 0 Å². The van der Waals surface area contributed by atoms with Gasteiger partial charge in [-0.15, -0.1) is 0 Å². The quantitative estimate of drug-likeness (QED) is 0.369. The highest BCUT2D eigenvalue weighted by Gasteiger charge is 2.50. The minimum Gasteiger partial charge on any atom is -0.480 e. The molecule has 3 atom stereocenters. The first-order valence-electron chi connectivity index (χ1n) is 10.2. The van der Waals surface area contributed by atoms with Crippen LogP contribution in [-0.4, -0.2) is 50.8 Å². The van der Waals surface area contributed by atoms with Crippen LogP contribution in [0.3, 0.4) is 0 Å². The molecule has 2 unspecified atom stereocenters. The zero-order chi connectivity index (χ0) is 20.3. The molecular formula is C20H30BClN2O4. The third kappa shape index (κ3) is 4.89. The summed E-state index contributed by atoms with van der Waals surface area (Å²) in [5.41, 5.74) is 6.42. The monoisotopic (exact) mass is 408 g/mol. The summed E-state index contributed by atoms with van der Waals surface area (Å²) in [4.78, 5) is 14.5. The van der Waals surface area contributed by atoms with E-state index in [0.717, 1.165) is 37.3 Å². The van der Waals surface area contributed by atoms with E-state index in [9.17, 15) is 9.90 Å². The maximum atomic E-state index is 12.0. The molecule has 154 valence electrons. The van der Waals surface area contributed by atoms with E-state index >= 15 is 0 Å². The lowest BCUT2D eigenvalue weighted by Crippen LogP contribution is -2.58. The van der Waals surface area contributed by atoms with Crippen LogP contribution in [0.1, 0.15) is 50.5 Å². The number of carboxylic acids is 1. The molecule has 5 N–H and O–H groups in total. The molecule has 2 fully saturated rings. The highest BCUT2D eigenvalue weighted by Crippen LogP contribution is 2.44. The lowest BCUT2D eigenvalue weighted by atomic mass is 9.72. The van der Waals surface area contributed by atoms with Gasteiger partial charge in [-0.3, -0.25) is 9.69 Å². The Morgan fingerprint density at radius 2 is 1.79 bits per heavy atom. The molecule has 0 aromatic heterocycles. The van der Waals surface area contributed by atoms with Crippen molar-refractivity contribution < 1.29 is 19.9 Å². The topological polar surface area (TPSA) is 107 Å². The van der Waals surface area contributed by atoms with Gasteiger partial charge in [-0.2, -0.15) is 0 Å². The van der Waals surface area contributed by atoms with Crippen LogP contribution in [0.15, 0.2) is 24.3 Å².